The smallest absolute Gasteiger partial charge is 0.256 e. The number of methoxy groups -OCH3 is 1. The van der Waals surface area contributed by atoms with Crippen LogP contribution in [0.5, 0.6) is 5.75 Å². The normalized spacial score (nSPS) is 14.9. The molecule has 1 amide bonds. The highest BCUT2D eigenvalue weighted by atomic mass is 19.1. The first-order valence-corrected chi connectivity index (χ1v) is 6.78. The number of amides is 1. The number of hydrogen-bond acceptors (Lipinski definition) is 2. The summed E-state index contributed by atoms with van der Waals surface area (Å²) in [7, 11) is 1.48. The molecule has 4 heteroatoms. The van der Waals surface area contributed by atoms with Crippen LogP contribution in [0.1, 0.15) is 36.5 Å². The molecule has 0 saturated heterocycles. The second-order valence-corrected chi connectivity index (χ2v) is 4.99. The predicted molar refractivity (Wildman–Crippen MR) is 71.9 cm³/mol. The van der Waals surface area contributed by atoms with Crippen LogP contribution in [0.15, 0.2) is 18.2 Å². The number of rotatable bonds is 5. The third kappa shape index (κ3) is 3.06. The number of carbonyl (C=O) groups is 1. The number of hydrogen-bond donors (Lipinski definition) is 0. The molecule has 0 bridgehead atoms. The van der Waals surface area contributed by atoms with Gasteiger partial charge in [0.05, 0.1) is 12.7 Å². The lowest BCUT2D eigenvalue weighted by Crippen LogP contribution is -2.37. The number of carbonyl (C=O) groups excluding carboxylic acids is 1. The van der Waals surface area contributed by atoms with Crippen molar-refractivity contribution in [1.82, 2.24) is 4.90 Å². The Morgan fingerprint density at radius 3 is 2.68 bits per heavy atom. The van der Waals surface area contributed by atoms with Gasteiger partial charge in [0.25, 0.3) is 5.91 Å². The topological polar surface area (TPSA) is 29.5 Å². The average molecular weight is 265 g/mol. The van der Waals surface area contributed by atoms with E-state index in [4.69, 9.17) is 4.74 Å². The van der Waals surface area contributed by atoms with Crippen molar-refractivity contribution in [2.24, 2.45) is 5.92 Å². The lowest BCUT2D eigenvalue weighted by Gasteiger charge is -2.31. The van der Waals surface area contributed by atoms with Gasteiger partial charge in [-0.25, -0.2) is 4.39 Å². The predicted octanol–water partition coefficient (Wildman–Crippen LogP) is 3.10. The molecule has 1 aliphatic carbocycles. The number of benzene rings is 1. The standard InChI is InChI=1S/C15H20FNO2/c1-3-17(10-11-5-4-6-11)15(18)13-8-7-12(19-2)9-14(13)16/h7-9,11H,3-6,10H2,1-2H3. The van der Waals surface area contributed by atoms with E-state index >= 15 is 0 Å². The molecule has 0 radical (unpaired) electrons. The zero-order valence-corrected chi connectivity index (χ0v) is 11.5. The summed E-state index contributed by atoms with van der Waals surface area (Å²) >= 11 is 0. The first-order valence-electron chi connectivity index (χ1n) is 6.78. The highest BCUT2D eigenvalue weighted by molar-refractivity contribution is 5.94. The lowest BCUT2D eigenvalue weighted by atomic mass is 9.85. The summed E-state index contributed by atoms with van der Waals surface area (Å²) in [6.45, 7) is 3.28. The molecule has 0 aromatic heterocycles. The van der Waals surface area contributed by atoms with E-state index in [1.165, 1.54) is 38.5 Å². The Labute approximate surface area is 113 Å². The quantitative estimate of drug-likeness (QED) is 0.818. The molecule has 0 aliphatic heterocycles. The molecule has 1 aromatic carbocycles. The summed E-state index contributed by atoms with van der Waals surface area (Å²) in [6, 6.07) is 4.37. The highest BCUT2D eigenvalue weighted by Gasteiger charge is 2.24. The molecule has 19 heavy (non-hydrogen) atoms. The van der Waals surface area contributed by atoms with Crippen molar-refractivity contribution in [3.63, 3.8) is 0 Å². The minimum atomic E-state index is -0.517. The molecule has 104 valence electrons. The van der Waals surface area contributed by atoms with Crippen molar-refractivity contribution in [2.75, 3.05) is 20.2 Å². The van der Waals surface area contributed by atoms with Gasteiger partial charge in [-0.05, 0) is 37.8 Å². The Bertz CT molecular complexity index is 457. The molecule has 0 atom stereocenters. The maximum atomic E-state index is 13.9. The SMILES string of the molecule is CCN(CC1CCC1)C(=O)c1ccc(OC)cc1F. The summed E-state index contributed by atoms with van der Waals surface area (Å²) in [4.78, 5) is 14.0. The van der Waals surface area contributed by atoms with E-state index < -0.39 is 5.82 Å². The highest BCUT2D eigenvalue weighted by Crippen LogP contribution is 2.28. The fraction of sp³-hybridized carbons (Fsp3) is 0.533. The first-order chi connectivity index (χ1) is 9.15. The third-order valence-electron chi connectivity index (χ3n) is 3.78. The monoisotopic (exact) mass is 265 g/mol. The van der Waals surface area contributed by atoms with Gasteiger partial charge in [0, 0.05) is 19.2 Å². The van der Waals surface area contributed by atoms with Crippen LogP contribution >= 0.6 is 0 Å². The molecule has 2 rings (SSSR count). The van der Waals surface area contributed by atoms with E-state index in [-0.39, 0.29) is 11.5 Å². The fourth-order valence-electron chi connectivity index (χ4n) is 2.31. The van der Waals surface area contributed by atoms with Crippen LogP contribution in [-0.4, -0.2) is 31.0 Å². The minimum absolute atomic E-state index is 0.127. The molecular formula is C15H20FNO2. The largest absolute Gasteiger partial charge is 0.497 e. The van der Waals surface area contributed by atoms with Crippen LogP contribution < -0.4 is 4.74 Å². The number of halogens is 1. The number of nitrogens with zero attached hydrogens (tertiary/aromatic N) is 1. The molecule has 0 N–H and O–H groups in total. The fourth-order valence-corrected chi connectivity index (χ4v) is 2.31. The molecule has 0 heterocycles. The van der Waals surface area contributed by atoms with E-state index in [1.54, 1.807) is 11.0 Å². The van der Waals surface area contributed by atoms with Crippen LogP contribution in [0.25, 0.3) is 0 Å². The Balaban J connectivity index is 2.11. The second-order valence-electron chi connectivity index (χ2n) is 4.99. The molecule has 0 spiro atoms. The van der Waals surface area contributed by atoms with Gasteiger partial charge in [0.1, 0.15) is 11.6 Å². The Kier molecular flexibility index (Phi) is 4.40. The first kappa shape index (κ1) is 13.8. The maximum Gasteiger partial charge on any atom is 0.256 e. The van der Waals surface area contributed by atoms with E-state index in [0.29, 0.717) is 18.2 Å². The van der Waals surface area contributed by atoms with Crippen LogP contribution in [0.4, 0.5) is 4.39 Å². The van der Waals surface area contributed by atoms with Crippen LogP contribution in [0, 0.1) is 11.7 Å². The molecule has 1 saturated carbocycles. The molecule has 0 unspecified atom stereocenters. The van der Waals surface area contributed by atoms with E-state index in [0.717, 1.165) is 6.54 Å². The van der Waals surface area contributed by atoms with Crippen LogP contribution in [0.3, 0.4) is 0 Å². The Hall–Kier alpha value is -1.58. The zero-order chi connectivity index (χ0) is 13.8. The van der Waals surface area contributed by atoms with E-state index in [9.17, 15) is 9.18 Å². The summed E-state index contributed by atoms with van der Waals surface area (Å²) in [6.07, 6.45) is 3.59. The van der Waals surface area contributed by atoms with Crippen molar-refractivity contribution < 1.29 is 13.9 Å². The minimum Gasteiger partial charge on any atom is -0.497 e. The van der Waals surface area contributed by atoms with Gasteiger partial charge in [-0.1, -0.05) is 6.42 Å². The molecule has 1 aliphatic rings. The maximum absolute atomic E-state index is 13.9. The van der Waals surface area contributed by atoms with E-state index in [2.05, 4.69) is 0 Å². The Morgan fingerprint density at radius 2 is 2.21 bits per heavy atom. The lowest BCUT2D eigenvalue weighted by molar-refractivity contribution is 0.0701. The third-order valence-corrected chi connectivity index (χ3v) is 3.78. The zero-order valence-electron chi connectivity index (χ0n) is 11.5. The average Bonchev–Trinajstić information content (AvgIpc) is 2.37. The number of ether oxygens (including phenoxy) is 1. The summed E-state index contributed by atoms with van der Waals surface area (Å²) in [5.41, 5.74) is 0.127. The van der Waals surface area contributed by atoms with Gasteiger partial charge in [-0.15, -0.1) is 0 Å². The van der Waals surface area contributed by atoms with Gasteiger partial charge in [0.2, 0.25) is 0 Å². The van der Waals surface area contributed by atoms with Crippen molar-refractivity contribution in [3.8, 4) is 5.75 Å². The van der Waals surface area contributed by atoms with Crippen molar-refractivity contribution in [3.05, 3.63) is 29.6 Å². The summed E-state index contributed by atoms with van der Waals surface area (Å²) < 4.78 is 18.8. The molecule has 3 nitrogen and oxygen atoms in total. The van der Waals surface area contributed by atoms with Gasteiger partial charge in [-0.2, -0.15) is 0 Å². The van der Waals surface area contributed by atoms with Crippen molar-refractivity contribution in [1.29, 1.82) is 0 Å². The van der Waals surface area contributed by atoms with Gasteiger partial charge < -0.3 is 9.64 Å². The van der Waals surface area contributed by atoms with Crippen molar-refractivity contribution >= 4 is 5.91 Å². The molecular weight excluding hydrogens is 245 g/mol. The molecule has 1 aromatic rings. The van der Waals surface area contributed by atoms with Gasteiger partial charge >= 0.3 is 0 Å². The van der Waals surface area contributed by atoms with Gasteiger partial charge in [0.15, 0.2) is 0 Å². The second kappa shape index (κ2) is 6.04. The van der Waals surface area contributed by atoms with Crippen LogP contribution in [0.2, 0.25) is 0 Å². The van der Waals surface area contributed by atoms with Crippen molar-refractivity contribution in [2.45, 2.75) is 26.2 Å². The molecule has 1 fully saturated rings. The van der Waals surface area contributed by atoms with Gasteiger partial charge in [-0.3, -0.25) is 4.79 Å². The summed E-state index contributed by atoms with van der Waals surface area (Å²) in [5, 5.41) is 0. The summed E-state index contributed by atoms with van der Waals surface area (Å²) in [5.74, 6) is 0.271. The Morgan fingerprint density at radius 1 is 1.47 bits per heavy atom. The van der Waals surface area contributed by atoms with Crippen LogP contribution in [-0.2, 0) is 0 Å². The van der Waals surface area contributed by atoms with E-state index in [1.807, 2.05) is 6.92 Å².